The minimum atomic E-state index is 0.401. The van der Waals surface area contributed by atoms with E-state index in [1.807, 2.05) is 0 Å². The Balaban J connectivity index is 2.46. The van der Waals surface area contributed by atoms with Crippen molar-refractivity contribution in [3.8, 4) is 5.88 Å². The molecule has 0 bridgehead atoms. The van der Waals surface area contributed by atoms with Crippen molar-refractivity contribution in [1.82, 2.24) is 9.97 Å². The molecular formula is C9H15N3O. The van der Waals surface area contributed by atoms with Gasteiger partial charge in [0.15, 0.2) is 0 Å². The standard InChI is InChI=1S/C9H15N3O/c1-2-3-4-13-9-7-11-6-8(5-10)12-9/h6-7H,2-5,10H2,1H3. The van der Waals surface area contributed by atoms with Gasteiger partial charge in [0.25, 0.3) is 0 Å². The quantitative estimate of drug-likeness (QED) is 0.691. The van der Waals surface area contributed by atoms with Crippen LogP contribution in [0.4, 0.5) is 0 Å². The molecule has 72 valence electrons. The van der Waals surface area contributed by atoms with E-state index in [9.17, 15) is 0 Å². The van der Waals surface area contributed by atoms with Crippen LogP contribution in [0, 0.1) is 0 Å². The summed E-state index contributed by atoms with van der Waals surface area (Å²) in [4.78, 5) is 8.12. The average Bonchev–Trinajstić information content (AvgIpc) is 2.19. The van der Waals surface area contributed by atoms with Crippen LogP contribution in [-0.2, 0) is 6.54 Å². The molecule has 0 aliphatic heterocycles. The molecule has 0 saturated heterocycles. The van der Waals surface area contributed by atoms with Gasteiger partial charge in [-0.2, -0.15) is 0 Å². The van der Waals surface area contributed by atoms with E-state index in [2.05, 4.69) is 16.9 Å². The number of nitrogens with zero attached hydrogens (tertiary/aromatic N) is 2. The number of hydrogen-bond donors (Lipinski definition) is 1. The molecule has 0 aliphatic rings. The first kappa shape index (κ1) is 9.92. The fourth-order valence-electron chi connectivity index (χ4n) is 0.875. The van der Waals surface area contributed by atoms with Crippen molar-refractivity contribution in [1.29, 1.82) is 0 Å². The van der Waals surface area contributed by atoms with Crippen LogP contribution in [0.15, 0.2) is 12.4 Å². The highest BCUT2D eigenvalue weighted by molar-refractivity contribution is 5.07. The highest BCUT2D eigenvalue weighted by Gasteiger charge is 1.97. The fraction of sp³-hybridized carbons (Fsp3) is 0.556. The van der Waals surface area contributed by atoms with Crippen molar-refractivity contribution >= 4 is 0 Å². The topological polar surface area (TPSA) is 61.0 Å². The zero-order chi connectivity index (χ0) is 9.52. The predicted molar refractivity (Wildman–Crippen MR) is 50.3 cm³/mol. The van der Waals surface area contributed by atoms with Crippen molar-refractivity contribution in [2.24, 2.45) is 5.73 Å². The summed E-state index contributed by atoms with van der Waals surface area (Å²) < 4.78 is 5.36. The summed E-state index contributed by atoms with van der Waals surface area (Å²) in [6.07, 6.45) is 5.40. The molecule has 1 aromatic rings. The van der Waals surface area contributed by atoms with Gasteiger partial charge in [-0.3, -0.25) is 4.98 Å². The number of unbranched alkanes of at least 4 members (excludes halogenated alkanes) is 1. The van der Waals surface area contributed by atoms with Crippen LogP contribution in [0.1, 0.15) is 25.5 Å². The second-order valence-corrected chi connectivity index (χ2v) is 2.75. The molecule has 0 radical (unpaired) electrons. The smallest absolute Gasteiger partial charge is 0.232 e. The van der Waals surface area contributed by atoms with Gasteiger partial charge in [-0.1, -0.05) is 13.3 Å². The Morgan fingerprint density at radius 3 is 3.00 bits per heavy atom. The molecule has 0 saturated carbocycles. The van der Waals surface area contributed by atoms with Crippen LogP contribution in [-0.4, -0.2) is 16.6 Å². The van der Waals surface area contributed by atoms with Crippen LogP contribution >= 0.6 is 0 Å². The Bertz CT molecular complexity index is 252. The number of ether oxygens (including phenoxy) is 1. The first-order valence-corrected chi connectivity index (χ1v) is 4.50. The van der Waals surface area contributed by atoms with Gasteiger partial charge in [0, 0.05) is 12.7 Å². The van der Waals surface area contributed by atoms with Crippen LogP contribution in [0.25, 0.3) is 0 Å². The van der Waals surface area contributed by atoms with Crippen molar-refractivity contribution in [3.63, 3.8) is 0 Å². The third-order valence-electron chi connectivity index (χ3n) is 1.62. The Morgan fingerprint density at radius 2 is 2.31 bits per heavy atom. The van der Waals surface area contributed by atoms with Crippen LogP contribution in [0.5, 0.6) is 5.88 Å². The van der Waals surface area contributed by atoms with Crippen molar-refractivity contribution < 1.29 is 4.74 Å². The van der Waals surface area contributed by atoms with E-state index in [4.69, 9.17) is 10.5 Å². The molecule has 1 heterocycles. The Labute approximate surface area is 78.1 Å². The molecule has 0 fully saturated rings. The van der Waals surface area contributed by atoms with Gasteiger partial charge in [-0.25, -0.2) is 4.98 Å². The lowest BCUT2D eigenvalue weighted by molar-refractivity contribution is 0.295. The minimum Gasteiger partial charge on any atom is -0.477 e. The van der Waals surface area contributed by atoms with Gasteiger partial charge in [0.2, 0.25) is 5.88 Å². The molecule has 0 aromatic carbocycles. The van der Waals surface area contributed by atoms with Crippen molar-refractivity contribution in [2.75, 3.05) is 6.61 Å². The zero-order valence-electron chi connectivity index (χ0n) is 7.86. The highest BCUT2D eigenvalue weighted by atomic mass is 16.5. The van der Waals surface area contributed by atoms with E-state index in [0.717, 1.165) is 18.5 Å². The zero-order valence-corrected chi connectivity index (χ0v) is 7.86. The Kier molecular flexibility index (Phi) is 4.18. The Morgan fingerprint density at radius 1 is 1.46 bits per heavy atom. The summed E-state index contributed by atoms with van der Waals surface area (Å²) in [6, 6.07) is 0. The maximum absolute atomic E-state index is 5.42. The predicted octanol–water partition coefficient (Wildman–Crippen LogP) is 1.11. The molecule has 0 aliphatic carbocycles. The van der Waals surface area contributed by atoms with Gasteiger partial charge in [-0.15, -0.1) is 0 Å². The van der Waals surface area contributed by atoms with E-state index < -0.39 is 0 Å². The Hall–Kier alpha value is -1.16. The number of hydrogen-bond acceptors (Lipinski definition) is 4. The molecule has 0 atom stereocenters. The van der Waals surface area contributed by atoms with Crippen molar-refractivity contribution in [2.45, 2.75) is 26.3 Å². The van der Waals surface area contributed by atoms with Crippen LogP contribution in [0.2, 0.25) is 0 Å². The van der Waals surface area contributed by atoms with Crippen LogP contribution < -0.4 is 10.5 Å². The lowest BCUT2D eigenvalue weighted by Crippen LogP contribution is -2.04. The molecule has 1 rings (SSSR count). The molecule has 0 amide bonds. The molecule has 4 heteroatoms. The fourth-order valence-corrected chi connectivity index (χ4v) is 0.875. The molecule has 13 heavy (non-hydrogen) atoms. The second-order valence-electron chi connectivity index (χ2n) is 2.75. The van der Waals surface area contributed by atoms with E-state index in [-0.39, 0.29) is 0 Å². The molecule has 4 nitrogen and oxygen atoms in total. The van der Waals surface area contributed by atoms with E-state index in [1.165, 1.54) is 0 Å². The van der Waals surface area contributed by atoms with E-state index in [0.29, 0.717) is 19.0 Å². The molecule has 1 aromatic heterocycles. The molecule has 2 N–H and O–H groups in total. The van der Waals surface area contributed by atoms with Gasteiger partial charge in [-0.05, 0) is 6.42 Å². The summed E-state index contributed by atoms with van der Waals surface area (Å²) in [7, 11) is 0. The van der Waals surface area contributed by atoms with Crippen molar-refractivity contribution in [3.05, 3.63) is 18.1 Å². The monoisotopic (exact) mass is 181 g/mol. The molecule has 0 spiro atoms. The first-order chi connectivity index (χ1) is 6.36. The third-order valence-corrected chi connectivity index (χ3v) is 1.62. The summed E-state index contributed by atoms with van der Waals surface area (Å²) >= 11 is 0. The lowest BCUT2D eigenvalue weighted by atomic mass is 10.4. The second kappa shape index (κ2) is 5.48. The van der Waals surface area contributed by atoms with E-state index in [1.54, 1.807) is 12.4 Å². The number of aromatic nitrogens is 2. The maximum atomic E-state index is 5.42. The van der Waals surface area contributed by atoms with Crippen LogP contribution in [0.3, 0.4) is 0 Å². The summed E-state index contributed by atoms with van der Waals surface area (Å²) in [5, 5.41) is 0. The highest BCUT2D eigenvalue weighted by Crippen LogP contribution is 2.05. The van der Waals surface area contributed by atoms with E-state index >= 15 is 0 Å². The molecular weight excluding hydrogens is 166 g/mol. The summed E-state index contributed by atoms with van der Waals surface area (Å²) in [5.41, 5.74) is 6.17. The maximum Gasteiger partial charge on any atom is 0.232 e. The summed E-state index contributed by atoms with van der Waals surface area (Å²) in [6.45, 7) is 3.21. The summed E-state index contributed by atoms with van der Waals surface area (Å²) in [5.74, 6) is 0.566. The number of nitrogens with two attached hydrogens (primary N) is 1. The normalized spacial score (nSPS) is 10.0. The third kappa shape index (κ3) is 3.38. The van der Waals surface area contributed by atoms with Gasteiger partial charge in [0.05, 0.1) is 18.5 Å². The van der Waals surface area contributed by atoms with Gasteiger partial charge < -0.3 is 10.5 Å². The van der Waals surface area contributed by atoms with Gasteiger partial charge in [0.1, 0.15) is 0 Å². The average molecular weight is 181 g/mol. The SMILES string of the molecule is CCCCOc1cncc(CN)n1. The lowest BCUT2D eigenvalue weighted by Gasteiger charge is -2.04. The first-order valence-electron chi connectivity index (χ1n) is 4.50. The van der Waals surface area contributed by atoms with Gasteiger partial charge >= 0.3 is 0 Å². The molecule has 0 unspecified atom stereocenters. The minimum absolute atomic E-state index is 0.401. The largest absolute Gasteiger partial charge is 0.477 e. The number of rotatable bonds is 5.